The number of benzene rings is 2. The molecule has 2 aliphatic rings. The number of anilines is 2. The lowest BCUT2D eigenvalue weighted by Crippen LogP contribution is -2.41. The minimum Gasteiger partial charge on any atom is -0.449 e. The van der Waals surface area contributed by atoms with E-state index in [9.17, 15) is 9.90 Å². The number of alkyl carbamates (subject to hydrolysis) is 1. The van der Waals surface area contributed by atoms with E-state index >= 15 is 0 Å². The van der Waals surface area contributed by atoms with Crippen molar-refractivity contribution in [1.29, 1.82) is 0 Å². The van der Waals surface area contributed by atoms with Crippen molar-refractivity contribution >= 4 is 17.7 Å². The summed E-state index contributed by atoms with van der Waals surface area (Å²) in [6, 6.07) is 18.3. The number of hydrogen-bond donors (Lipinski definition) is 2. The first-order valence-electron chi connectivity index (χ1n) is 11.5. The quantitative estimate of drug-likeness (QED) is 0.586. The molecular formula is C26H29N5O3. The van der Waals surface area contributed by atoms with E-state index < -0.39 is 12.2 Å². The summed E-state index contributed by atoms with van der Waals surface area (Å²) < 4.78 is 5.65. The van der Waals surface area contributed by atoms with Crippen LogP contribution in [0.5, 0.6) is 0 Å². The molecule has 1 aliphatic carbocycles. The molecule has 3 aromatic rings. The molecule has 34 heavy (non-hydrogen) atoms. The molecule has 5 rings (SSSR count). The van der Waals surface area contributed by atoms with Crippen LogP contribution in [0.4, 0.5) is 16.4 Å². The highest BCUT2D eigenvalue weighted by Gasteiger charge is 2.33. The fourth-order valence-electron chi connectivity index (χ4n) is 4.96. The highest BCUT2D eigenvalue weighted by molar-refractivity contribution is 5.79. The molecule has 0 saturated carbocycles. The molecule has 2 N–H and O–H groups in total. The van der Waals surface area contributed by atoms with Crippen molar-refractivity contribution in [3.63, 3.8) is 0 Å². The summed E-state index contributed by atoms with van der Waals surface area (Å²) in [5.41, 5.74) is 4.76. The number of aromatic nitrogens is 2. The maximum Gasteiger partial charge on any atom is 0.407 e. The van der Waals surface area contributed by atoms with Crippen molar-refractivity contribution in [2.75, 3.05) is 43.6 Å². The largest absolute Gasteiger partial charge is 0.449 e. The van der Waals surface area contributed by atoms with Crippen molar-refractivity contribution < 1.29 is 14.6 Å². The lowest BCUT2D eigenvalue weighted by molar-refractivity contribution is 0.142. The van der Waals surface area contributed by atoms with Crippen LogP contribution in [0.25, 0.3) is 11.1 Å². The van der Waals surface area contributed by atoms with E-state index in [-0.39, 0.29) is 18.6 Å². The van der Waals surface area contributed by atoms with Crippen molar-refractivity contribution in [2.24, 2.45) is 0 Å². The Morgan fingerprint density at radius 1 is 1.12 bits per heavy atom. The smallest absolute Gasteiger partial charge is 0.407 e. The SMILES string of the molecule is CN(C)c1cc(N2C[C@H](O)C[C@@H]2CNC(=O)OCC2c3ccccc3-c3ccccc32)ncn1. The Kier molecular flexibility index (Phi) is 6.06. The van der Waals surface area contributed by atoms with Gasteiger partial charge in [0.15, 0.2) is 0 Å². The molecule has 2 atom stereocenters. The predicted molar refractivity (Wildman–Crippen MR) is 131 cm³/mol. The summed E-state index contributed by atoms with van der Waals surface area (Å²) in [4.78, 5) is 25.2. The number of β-amino-alcohol motifs (C(OH)–C–C–N with tert-alkyl or cyclic N) is 1. The van der Waals surface area contributed by atoms with E-state index in [2.05, 4.69) is 39.6 Å². The molecule has 1 aromatic heterocycles. The zero-order valence-corrected chi connectivity index (χ0v) is 19.4. The van der Waals surface area contributed by atoms with Crippen LogP contribution < -0.4 is 15.1 Å². The predicted octanol–water partition coefficient (Wildman–Crippen LogP) is 3.02. The van der Waals surface area contributed by atoms with Gasteiger partial charge in [-0.15, -0.1) is 0 Å². The summed E-state index contributed by atoms with van der Waals surface area (Å²) in [7, 11) is 3.84. The van der Waals surface area contributed by atoms with Gasteiger partial charge in [0.2, 0.25) is 0 Å². The first-order valence-corrected chi connectivity index (χ1v) is 11.5. The third-order valence-electron chi connectivity index (χ3n) is 6.61. The first-order chi connectivity index (χ1) is 16.5. The second-order valence-corrected chi connectivity index (χ2v) is 9.03. The molecule has 8 nitrogen and oxygen atoms in total. The molecule has 1 saturated heterocycles. The molecule has 8 heteroatoms. The van der Waals surface area contributed by atoms with Gasteiger partial charge in [-0.3, -0.25) is 0 Å². The Morgan fingerprint density at radius 3 is 2.47 bits per heavy atom. The molecule has 0 spiro atoms. The van der Waals surface area contributed by atoms with Crippen LogP contribution in [0.3, 0.4) is 0 Å². The van der Waals surface area contributed by atoms with Gasteiger partial charge in [-0.25, -0.2) is 14.8 Å². The van der Waals surface area contributed by atoms with Crippen LogP contribution in [0, 0.1) is 0 Å². The Balaban J connectivity index is 1.21. The number of aliphatic hydroxyl groups is 1. The molecule has 1 fully saturated rings. The number of aliphatic hydroxyl groups excluding tert-OH is 1. The minimum absolute atomic E-state index is 0.0217. The summed E-state index contributed by atoms with van der Waals surface area (Å²) in [5, 5.41) is 13.2. The van der Waals surface area contributed by atoms with Gasteiger partial charge in [-0.2, -0.15) is 0 Å². The summed E-state index contributed by atoms with van der Waals surface area (Å²) in [5.74, 6) is 1.54. The van der Waals surface area contributed by atoms with Gasteiger partial charge < -0.3 is 25.0 Å². The van der Waals surface area contributed by atoms with Gasteiger partial charge in [0, 0.05) is 39.2 Å². The second-order valence-electron chi connectivity index (χ2n) is 9.03. The topological polar surface area (TPSA) is 90.8 Å². The average Bonchev–Trinajstić information content (AvgIpc) is 3.39. The van der Waals surface area contributed by atoms with Crippen molar-refractivity contribution in [1.82, 2.24) is 15.3 Å². The Bertz CT molecular complexity index is 1140. The van der Waals surface area contributed by atoms with Crippen LogP contribution in [0.15, 0.2) is 60.9 Å². The number of hydrogen-bond acceptors (Lipinski definition) is 7. The molecule has 0 bridgehead atoms. The Labute approximate surface area is 199 Å². The van der Waals surface area contributed by atoms with Gasteiger partial charge in [-0.1, -0.05) is 48.5 Å². The van der Waals surface area contributed by atoms with Gasteiger partial charge in [0.05, 0.1) is 12.1 Å². The molecule has 0 unspecified atom stereocenters. The van der Waals surface area contributed by atoms with E-state index in [0.29, 0.717) is 19.5 Å². The number of amides is 1. The van der Waals surface area contributed by atoms with E-state index in [1.165, 1.54) is 28.6 Å². The Morgan fingerprint density at radius 2 is 1.79 bits per heavy atom. The molecular weight excluding hydrogens is 430 g/mol. The standard InChI is InChI=1S/C26H29N5O3/c1-30(2)24-12-25(29-16-28-24)31-14-18(32)11-17(31)13-27-26(33)34-15-23-21-9-5-3-7-19(21)20-8-4-6-10-22(20)23/h3-10,12,16-18,23,32H,11,13-15H2,1-2H3,(H,27,33)/t17-,18-/m1/s1. The highest BCUT2D eigenvalue weighted by atomic mass is 16.5. The van der Waals surface area contributed by atoms with Crippen LogP contribution in [0.2, 0.25) is 0 Å². The van der Waals surface area contributed by atoms with Gasteiger partial charge >= 0.3 is 6.09 Å². The number of ether oxygens (including phenoxy) is 1. The molecule has 2 heterocycles. The van der Waals surface area contributed by atoms with Gasteiger partial charge in [0.25, 0.3) is 0 Å². The fourth-order valence-corrected chi connectivity index (χ4v) is 4.96. The van der Waals surface area contributed by atoms with Crippen LogP contribution in [-0.4, -0.2) is 67.1 Å². The first kappa shape index (κ1) is 22.2. The summed E-state index contributed by atoms with van der Waals surface area (Å²) in [6.07, 6.45) is 1.13. The second kappa shape index (κ2) is 9.30. The number of nitrogens with zero attached hydrogens (tertiary/aromatic N) is 4. The van der Waals surface area contributed by atoms with Crippen molar-refractivity contribution in [3.8, 4) is 11.1 Å². The van der Waals surface area contributed by atoms with Crippen LogP contribution in [0.1, 0.15) is 23.5 Å². The lowest BCUT2D eigenvalue weighted by Gasteiger charge is -2.26. The molecule has 176 valence electrons. The molecule has 2 aromatic carbocycles. The number of carbonyl (C=O) groups excluding carboxylic acids is 1. The fraction of sp³-hybridized carbons (Fsp3) is 0.346. The Hall–Kier alpha value is -3.65. The van der Waals surface area contributed by atoms with Crippen molar-refractivity contribution in [2.45, 2.75) is 24.5 Å². The number of carbonyl (C=O) groups is 1. The number of rotatable bonds is 6. The maximum atomic E-state index is 12.6. The molecule has 1 aliphatic heterocycles. The highest BCUT2D eigenvalue weighted by Crippen LogP contribution is 2.44. The maximum absolute atomic E-state index is 12.6. The third-order valence-corrected chi connectivity index (χ3v) is 6.61. The van der Waals surface area contributed by atoms with Crippen molar-refractivity contribution in [3.05, 3.63) is 72.1 Å². The average molecular weight is 460 g/mol. The number of fused-ring (bicyclic) bond motifs is 3. The monoisotopic (exact) mass is 459 g/mol. The van der Waals surface area contributed by atoms with E-state index in [1.54, 1.807) is 0 Å². The normalized spacial score (nSPS) is 19.0. The van der Waals surface area contributed by atoms with Crippen LogP contribution in [-0.2, 0) is 4.74 Å². The number of nitrogens with one attached hydrogen (secondary N) is 1. The van der Waals surface area contributed by atoms with E-state index in [1.807, 2.05) is 54.2 Å². The zero-order chi connectivity index (χ0) is 23.7. The van der Waals surface area contributed by atoms with Crippen LogP contribution >= 0.6 is 0 Å². The summed E-state index contributed by atoms with van der Waals surface area (Å²) >= 11 is 0. The van der Waals surface area contributed by atoms with Gasteiger partial charge in [-0.05, 0) is 28.7 Å². The van der Waals surface area contributed by atoms with E-state index in [4.69, 9.17) is 4.74 Å². The molecule has 0 radical (unpaired) electrons. The van der Waals surface area contributed by atoms with Gasteiger partial charge in [0.1, 0.15) is 24.6 Å². The molecule has 1 amide bonds. The minimum atomic E-state index is -0.480. The lowest BCUT2D eigenvalue weighted by atomic mass is 9.98. The summed E-state index contributed by atoms with van der Waals surface area (Å²) in [6.45, 7) is 1.09. The third kappa shape index (κ3) is 4.28. The zero-order valence-electron chi connectivity index (χ0n) is 19.4. The van der Waals surface area contributed by atoms with E-state index in [0.717, 1.165) is 11.6 Å².